The fourth-order valence-corrected chi connectivity index (χ4v) is 8.09. The third-order valence-corrected chi connectivity index (χ3v) is 9.57. The van der Waals surface area contributed by atoms with Gasteiger partial charge in [-0.3, -0.25) is 9.78 Å². The fourth-order valence-electron chi connectivity index (χ4n) is 8.09. The third-order valence-electron chi connectivity index (χ3n) is 9.57. The van der Waals surface area contributed by atoms with Crippen LogP contribution in [0.15, 0.2) is 60.0 Å². The van der Waals surface area contributed by atoms with E-state index in [1.165, 1.54) is 40.3 Å². The molecule has 2 aromatic rings. The average molecular weight is 412 g/mol. The molecule has 0 radical (unpaired) electrons. The minimum absolute atomic E-state index is 0.179. The molecule has 5 aliphatic rings. The molecule has 3 nitrogen and oxygen atoms in total. The van der Waals surface area contributed by atoms with E-state index < -0.39 is 0 Å². The molecule has 1 aromatic heterocycles. The third kappa shape index (κ3) is 2.28. The zero-order valence-corrected chi connectivity index (χ0v) is 18.2. The molecule has 158 valence electrons. The van der Waals surface area contributed by atoms with Crippen molar-refractivity contribution < 1.29 is 9.53 Å². The maximum atomic E-state index is 12.4. The first kappa shape index (κ1) is 18.3. The van der Waals surface area contributed by atoms with E-state index in [0.29, 0.717) is 30.5 Å². The van der Waals surface area contributed by atoms with Crippen LogP contribution in [0.4, 0.5) is 0 Å². The van der Waals surface area contributed by atoms with Gasteiger partial charge < -0.3 is 4.74 Å². The van der Waals surface area contributed by atoms with Gasteiger partial charge in [0.25, 0.3) is 0 Å². The van der Waals surface area contributed by atoms with Gasteiger partial charge in [-0.15, -0.1) is 0 Å². The summed E-state index contributed by atoms with van der Waals surface area (Å²) in [6.45, 7) is 2.50. The van der Waals surface area contributed by atoms with E-state index in [1.54, 1.807) is 0 Å². The number of carbonyl (C=O) groups excluding carboxylic acids is 1. The number of rotatable bonds is 1. The van der Waals surface area contributed by atoms with Gasteiger partial charge in [0.2, 0.25) is 0 Å². The van der Waals surface area contributed by atoms with Crippen LogP contribution in [0, 0.1) is 11.3 Å². The second kappa shape index (κ2) is 5.95. The van der Waals surface area contributed by atoms with Crippen LogP contribution in [0.25, 0.3) is 10.8 Å². The molecule has 3 heteroatoms. The van der Waals surface area contributed by atoms with Crippen LogP contribution in [0.1, 0.15) is 69.8 Å². The highest BCUT2D eigenvalue weighted by Gasteiger charge is 2.66. The number of aromatic nitrogens is 1. The minimum Gasteiger partial charge on any atom is -0.359 e. The van der Waals surface area contributed by atoms with Gasteiger partial charge in [0.15, 0.2) is 0 Å². The van der Waals surface area contributed by atoms with Crippen molar-refractivity contribution >= 4 is 16.6 Å². The lowest BCUT2D eigenvalue weighted by atomic mass is 9.58. The zero-order valence-electron chi connectivity index (χ0n) is 18.2. The Morgan fingerprint density at radius 3 is 2.97 bits per heavy atom. The molecular weight excluding hydrogens is 382 g/mol. The van der Waals surface area contributed by atoms with E-state index in [4.69, 9.17) is 4.74 Å². The van der Waals surface area contributed by atoms with Gasteiger partial charge >= 0.3 is 0 Å². The summed E-state index contributed by atoms with van der Waals surface area (Å²) in [4.78, 5) is 16.7. The Balaban J connectivity index is 1.31. The van der Waals surface area contributed by atoms with Gasteiger partial charge in [0.05, 0.1) is 11.2 Å². The number of fused-ring (bicyclic) bond motifs is 2. The highest BCUT2D eigenvalue weighted by Crippen LogP contribution is 2.69. The van der Waals surface area contributed by atoms with Crippen LogP contribution < -0.4 is 0 Å². The van der Waals surface area contributed by atoms with Crippen LogP contribution in [0.2, 0.25) is 0 Å². The molecule has 3 unspecified atom stereocenters. The van der Waals surface area contributed by atoms with Crippen LogP contribution in [-0.2, 0) is 9.53 Å². The molecule has 2 bridgehead atoms. The molecule has 7 rings (SSSR count). The minimum atomic E-state index is -0.294. The number of ether oxygens (including phenoxy) is 1. The Kier molecular flexibility index (Phi) is 3.52. The first-order valence-electron chi connectivity index (χ1n) is 12.0. The van der Waals surface area contributed by atoms with E-state index in [2.05, 4.69) is 48.3 Å². The van der Waals surface area contributed by atoms with E-state index in [0.717, 1.165) is 25.7 Å². The van der Waals surface area contributed by atoms with Crippen LogP contribution in [0.3, 0.4) is 0 Å². The molecule has 2 saturated carbocycles. The molecule has 31 heavy (non-hydrogen) atoms. The predicted octanol–water partition coefficient (Wildman–Crippen LogP) is 6.05. The zero-order chi connectivity index (χ0) is 20.8. The number of ketones is 1. The number of benzene rings is 1. The summed E-state index contributed by atoms with van der Waals surface area (Å²) in [7, 11) is 0. The molecule has 1 saturated heterocycles. The molecule has 3 fully saturated rings. The molecule has 3 aliphatic carbocycles. The Morgan fingerprint density at radius 1 is 1.10 bits per heavy atom. The molecule has 2 aliphatic heterocycles. The maximum absolute atomic E-state index is 12.4. The van der Waals surface area contributed by atoms with Gasteiger partial charge in [-0.25, -0.2) is 0 Å². The summed E-state index contributed by atoms with van der Waals surface area (Å²) in [5.41, 5.74) is 3.99. The molecule has 1 aromatic carbocycles. The van der Waals surface area contributed by atoms with Crippen molar-refractivity contribution in [3.05, 3.63) is 65.5 Å². The normalized spacial score (nSPS) is 40.7. The van der Waals surface area contributed by atoms with E-state index in [-0.39, 0.29) is 16.6 Å². The predicted molar refractivity (Wildman–Crippen MR) is 121 cm³/mol. The van der Waals surface area contributed by atoms with E-state index in [1.807, 2.05) is 12.4 Å². The standard InChI is InChI=1S/C28H29NO2/c1-26-10-8-22-15-21-4-5-23(30)16-27(21)11-12-28(22,31-27)25(26)7-6-24(26)19-3-2-18-9-13-29-17-20(18)14-19/h2-3,8-9,13-15,17,24-25H,4-7,10-12,16H2,1H3/t24?,25-,26?,27-,28?/m1/s1. The number of allylic oxidation sites excluding steroid dienone is 1. The van der Waals surface area contributed by atoms with Crippen molar-refractivity contribution in [2.75, 3.05) is 0 Å². The molecule has 2 spiro atoms. The Bertz CT molecular complexity index is 1190. The first-order valence-corrected chi connectivity index (χ1v) is 12.0. The van der Waals surface area contributed by atoms with Crippen molar-refractivity contribution in [2.45, 2.75) is 75.4 Å². The maximum Gasteiger partial charge on any atom is 0.136 e. The van der Waals surface area contributed by atoms with Gasteiger partial charge in [-0.05, 0) is 90.0 Å². The van der Waals surface area contributed by atoms with E-state index >= 15 is 0 Å². The summed E-state index contributed by atoms with van der Waals surface area (Å²) in [6, 6.07) is 9.06. The van der Waals surface area contributed by atoms with Crippen molar-refractivity contribution in [1.82, 2.24) is 4.98 Å². The summed E-state index contributed by atoms with van der Waals surface area (Å²) in [5, 5.41) is 2.50. The number of hydrogen-bond acceptors (Lipinski definition) is 3. The van der Waals surface area contributed by atoms with Gasteiger partial charge in [0, 0.05) is 30.6 Å². The lowest BCUT2D eigenvalue weighted by Gasteiger charge is -2.53. The van der Waals surface area contributed by atoms with Gasteiger partial charge in [-0.2, -0.15) is 0 Å². The summed E-state index contributed by atoms with van der Waals surface area (Å²) in [5.74, 6) is 1.44. The number of nitrogens with zero attached hydrogens (tertiary/aromatic N) is 1. The van der Waals surface area contributed by atoms with Crippen molar-refractivity contribution in [2.24, 2.45) is 11.3 Å². The highest BCUT2D eigenvalue weighted by molar-refractivity contribution is 5.83. The van der Waals surface area contributed by atoms with Gasteiger partial charge in [-0.1, -0.05) is 31.2 Å². The lowest BCUT2D eigenvalue weighted by Crippen LogP contribution is -2.53. The SMILES string of the molecule is CC12CC=C3C=C4CCC(=O)C[C@]45CCC3(O5)[C@@H]1CCC2c1ccc2ccncc2c1. The second-order valence-corrected chi connectivity index (χ2v) is 10.9. The van der Waals surface area contributed by atoms with Gasteiger partial charge in [0.1, 0.15) is 5.78 Å². The number of carbonyl (C=O) groups is 1. The topological polar surface area (TPSA) is 39.2 Å². The first-order chi connectivity index (χ1) is 15.0. The number of hydrogen-bond donors (Lipinski definition) is 0. The van der Waals surface area contributed by atoms with Crippen molar-refractivity contribution in [3.8, 4) is 0 Å². The summed E-state index contributed by atoms with van der Waals surface area (Å²) in [6.07, 6.45) is 16.6. The number of pyridine rings is 1. The van der Waals surface area contributed by atoms with E-state index in [9.17, 15) is 4.79 Å². The number of Topliss-reactive ketones (excluding diaryl/α,β-unsaturated/α-hetero) is 1. The fraction of sp³-hybridized carbons (Fsp3) is 0.500. The van der Waals surface area contributed by atoms with Crippen LogP contribution >= 0.6 is 0 Å². The summed E-state index contributed by atoms with van der Waals surface area (Å²) < 4.78 is 7.12. The smallest absolute Gasteiger partial charge is 0.136 e. The molecule has 3 heterocycles. The molecule has 0 amide bonds. The van der Waals surface area contributed by atoms with Crippen LogP contribution in [-0.4, -0.2) is 22.0 Å². The molecule has 5 atom stereocenters. The second-order valence-electron chi connectivity index (χ2n) is 10.9. The van der Waals surface area contributed by atoms with Crippen molar-refractivity contribution in [1.29, 1.82) is 0 Å². The Morgan fingerprint density at radius 2 is 2.03 bits per heavy atom. The average Bonchev–Trinajstić information content (AvgIpc) is 3.28. The lowest BCUT2D eigenvalue weighted by molar-refractivity contribution is -0.146. The summed E-state index contributed by atoms with van der Waals surface area (Å²) >= 11 is 0. The monoisotopic (exact) mass is 411 g/mol. The highest BCUT2D eigenvalue weighted by atomic mass is 16.5. The molecule has 0 N–H and O–H groups in total. The quantitative estimate of drug-likeness (QED) is 0.574. The van der Waals surface area contributed by atoms with Crippen molar-refractivity contribution in [3.63, 3.8) is 0 Å². The van der Waals surface area contributed by atoms with Crippen LogP contribution in [0.5, 0.6) is 0 Å². The largest absolute Gasteiger partial charge is 0.359 e. The molecular formula is C28H29NO2. The Labute approximate surface area is 183 Å². The Hall–Kier alpha value is -2.26.